The molecule has 2 rings (SSSR count). The molecular formula is C15H20N2S. The molecule has 0 spiro atoms. The molecule has 1 aromatic heterocycles. The van der Waals surface area contributed by atoms with E-state index in [2.05, 4.69) is 52.0 Å². The van der Waals surface area contributed by atoms with E-state index < -0.39 is 0 Å². The number of nitrogens with two attached hydrogens (primary N) is 1. The fraction of sp³-hybridized carbons (Fsp3) is 0.400. The Hall–Kier alpha value is -1.19. The minimum atomic E-state index is 0.0478. The number of aromatic nitrogens is 1. The van der Waals surface area contributed by atoms with Gasteiger partial charge >= 0.3 is 0 Å². The van der Waals surface area contributed by atoms with Crippen LogP contribution in [-0.4, -0.2) is 4.98 Å². The van der Waals surface area contributed by atoms with E-state index in [1.807, 2.05) is 0 Å². The second-order valence-corrected chi connectivity index (χ2v) is 6.64. The van der Waals surface area contributed by atoms with Crippen LogP contribution in [0.4, 0.5) is 0 Å². The highest BCUT2D eigenvalue weighted by Gasteiger charge is 2.23. The van der Waals surface area contributed by atoms with Gasteiger partial charge in [0.05, 0.1) is 5.69 Å². The topological polar surface area (TPSA) is 38.9 Å². The molecule has 0 unspecified atom stereocenters. The smallest absolute Gasteiger partial charge is 0.124 e. The maximum absolute atomic E-state index is 5.85. The maximum Gasteiger partial charge on any atom is 0.124 e. The Morgan fingerprint density at radius 1 is 1.22 bits per heavy atom. The molecule has 96 valence electrons. The Kier molecular flexibility index (Phi) is 3.55. The van der Waals surface area contributed by atoms with Crippen LogP contribution in [-0.2, 0) is 12.0 Å². The highest BCUT2D eigenvalue weighted by atomic mass is 32.1. The standard InChI is InChI=1S/C15H20N2S/c1-10-7-5-6-8-11(10)14-17-13(15(2,3)4)12(9-16)18-14/h5-8H,9,16H2,1-4H3. The Morgan fingerprint density at radius 2 is 1.89 bits per heavy atom. The van der Waals surface area contributed by atoms with Gasteiger partial charge in [-0.1, -0.05) is 45.0 Å². The van der Waals surface area contributed by atoms with Gasteiger partial charge in [-0.15, -0.1) is 11.3 Å². The molecule has 0 atom stereocenters. The van der Waals surface area contributed by atoms with Crippen LogP contribution >= 0.6 is 11.3 Å². The fourth-order valence-corrected chi connectivity index (χ4v) is 3.25. The van der Waals surface area contributed by atoms with Crippen LogP contribution in [0.2, 0.25) is 0 Å². The third-order valence-electron chi connectivity index (χ3n) is 2.97. The zero-order valence-electron chi connectivity index (χ0n) is 11.4. The zero-order valence-corrected chi connectivity index (χ0v) is 12.3. The van der Waals surface area contributed by atoms with Gasteiger partial charge in [-0.3, -0.25) is 0 Å². The summed E-state index contributed by atoms with van der Waals surface area (Å²) in [5, 5.41) is 1.08. The van der Waals surface area contributed by atoms with Crippen LogP contribution in [0.15, 0.2) is 24.3 Å². The third kappa shape index (κ3) is 2.47. The van der Waals surface area contributed by atoms with Crippen molar-refractivity contribution in [3.63, 3.8) is 0 Å². The summed E-state index contributed by atoms with van der Waals surface area (Å²) in [6.45, 7) is 9.24. The first-order valence-corrected chi connectivity index (χ1v) is 7.01. The van der Waals surface area contributed by atoms with Gasteiger partial charge < -0.3 is 5.73 Å². The number of hydrogen-bond acceptors (Lipinski definition) is 3. The Labute approximate surface area is 113 Å². The van der Waals surface area contributed by atoms with Gasteiger partial charge in [-0.05, 0) is 12.5 Å². The fourth-order valence-electron chi connectivity index (χ4n) is 2.00. The van der Waals surface area contributed by atoms with Gasteiger partial charge in [0.1, 0.15) is 5.01 Å². The summed E-state index contributed by atoms with van der Waals surface area (Å²) in [4.78, 5) is 6.02. The summed E-state index contributed by atoms with van der Waals surface area (Å²) < 4.78 is 0. The molecule has 0 bridgehead atoms. The summed E-state index contributed by atoms with van der Waals surface area (Å²) in [5.41, 5.74) is 9.50. The van der Waals surface area contributed by atoms with Crippen molar-refractivity contribution in [3.05, 3.63) is 40.4 Å². The van der Waals surface area contributed by atoms with Gasteiger partial charge in [0.2, 0.25) is 0 Å². The van der Waals surface area contributed by atoms with E-state index in [-0.39, 0.29) is 5.41 Å². The molecular weight excluding hydrogens is 240 g/mol. The second-order valence-electron chi connectivity index (χ2n) is 5.56. The number of aryl methyl sites for hydroxylation is 1. The van der Waals surface area contributed by atoms with Crippen LogP contribution in [0.1, 0.15) is 36.9 Å². The summed E-state index contributed by atoms with van der Waals surface area (Å²) in [7, 11) is 0. The van der Waals surface area contributed by atoms with Gasteiger partial charge in [-0.25, -0.2) is 4.98 Å². The van der Waals surface area contributed by atoms with E-state index in [9.17, 15) is 0 Å². The quantitative estimate of drug-likeness (QED) is 0.890. The summed E-state index contributed by atoms with van der Waals surface area (Å²) in [6, 6.07) is 8.36. The summed E-state index contributed by atoms with van der Waals surface area (Å²) in [6.07, 6.45) is 0. The average molecular weight is 260 g/mol. The van der Waals surface area contributed by atoms with E-state index >= 15 is 0 Å². The molecule has 0 radical (unpaired) electrons. The van der Waals surface area contributed by atoms with E-state index in [1.165, 1.54) is 16.0 Å². The van der Waals surface area contributed by atoms with Gasteiger partial charge in [0.15, 0.2) is 0 Å². The largest absolute Gasteiger partial charge is 0.326 e. The Balaban J connectivity index is 2.55. The van der Waals surface area contributed by atoms with E-state index in [0.29, 0.717) is 6.54 Å². The number of benzene rings is 1. The molecule has 3 heteroatoms. The lowest BCUT2D eigenvalue weighted by atomic mass is 9.91. The van der Waals surface area contributed by atoms with Gasteiger partial charge in [0, 0.05) is 22.4 Å². The van der Waals surface area contributed by atoms with E-state index in [1.54, 1.807) is 11.3 Å². The molecule has 0 aliphatic heterocycles. The van der Waals surface area contributed by atoms with Crippen LogP contribution in [0.25, 0.3) is 10.6 Å². The third-order valence-corrected chi connectivity index (χ3v) is 4.08. The van der Waals surface area contributed by atoms with Crippen molar-refractivity contribution >= 4 is 11.3 Å². The number of rotatable bonds is 2. The second kappa shape index (κ2) is 4.82. The number of hydrogen-bond donors (Lipinski definition) is 1. The molecule has 18 heavy (non-hydrogen) atoms. The van der Waals surface area contributed by atoms with Gasteiger partial charge in [-0.2, -0.15) is 0 Å². The number of thiazole rings is 1. The first-order valence-electron chi connectivity index (χ1n) is 6.19. The molecule has 0 saturated carbocycles. The molecule has 0 aliphatic rings. The number of nitrogens with zero attached hydrogens (tertiary/aromatic N) is 1. The van der Waals surface area contributed by atoms with Crippen molar-refractivity contribution in [1.29, 1.82) is 0 Å². The van der Waals surface area contributed by atoms with Crippen molar-refractivity contribution in [3.8, 4) is 10.6 Å². The molecule has 0 saturated heterocycles. The van der Waals surface area contributed by atoms with E-state index in [4.69, 9.17) is 10.7 Å². The zero-order chi connectivity index (χ0) is 13.3. The monoisotopic (exact) mass is 260 g/mol. The van der Waals surface area contributed by atoms with Gasteiger partial charge in [0.25, 0.3) is 0 Å². The van der Waals surface area contributed by atoms with Crippen LogP contribution < -0.4 is 5.73 Å². The SMILES string of the molecule is Cc1ccccc1-c1nc(C(C)(C)C)c(CN)s1. The Bertz CT molecular complexity index is 550. The molecule has 2 nitrogen and oxygen atoms in total. The summed E-state index contributed by atoms with van der Waals surface area (Å²) in [5.74, 6) is 0. The highest BCUT2D eigenvalue weighted by Crippen LogP contribution is 2.35. The lowest BCUT2D eigenvalue weighted by Gasteiger charge is -2.16. The molecule has 0 amide bonds. The highest BCUT2D eigenvalue weighted by molar-refractivity contribution is 7.15. The van der Waals surface area contributed by atoms with Crippen molar-refractivity contribution in [2.75, 3.05) is 0 Å². The predicted molar refractivity (Wildman–Crippen MR) is 78.9 cm³/mol. The average Bonchev–Trinajstić information content (AvgIpc) is 2.73. The lowest BCUT2D eigenvalue weighted by Crippen LogP contribution is -2.15. The van der Waals surface area contributed by atoms with Crippen molar-refractivity contribution in [2.45, 2.75) is 39.7 Å². The van der Waals surface area contributed by atoms with Crippen molar-refractivity contribution in [1.82, 2.24) is 4.98 Å². The lowest BCUT2D eigenvalue weighted by molar-refractivity contribution is 0.567. The first kappa shape index (κ1) is 13.2. The van der Waals surface area contributed by atoms with E-state index in [0.717, 1.165) is 10.7 Å². The molecule has 0 fully saturated rings. The predicted octanol–water partition coefficient (Wildman–Crippen LogP) is 3.87. The minimum Gasteiger partial charge on any atom is -0.326 e. The molecule has 2 aromatic rings. The van der Waals surface area contributed by atoms with Crippen LogP contribution in [0, 0.1) is 6.92 Å². The minimum absolute atomic E-state index is 0.0478. The normalized spacial score (nSPS) is 11.8. The van der Waals surface area contributed by atoms with Crippen molar-refractivity contribution in [2.24, 2.45) is 5.73 Å². The van der Waals surface area contributed by atoms with Crippen LogP contribution in [0.3, 0.4) is 0 Å². The van der Waals surface area contributed by atoms with Crippen molar-refractivity contribution < 1.29 is 0 Å². The maximum atomic E-state index is 5.85. The first-order chi connectivity index (χ1) is 8.43. The molecule has 2 N–H and O–H groups in total. The Morgan fingerprint density at radius 3 is 2.39 bits per heavy atom. The molecule has 1 heterocycles. The molecule has 0 aliphatic carbocycles. The summed E-state index contributed by atoms with van der Waals surface area (Å²) >= 11 is 1.72. The van der Waals surface area contributed by atoms with Crippen LogP contribution in [0.5, 0.6) is 0 Å². The molecule has 1 aromatic carbocycles.